The molecule has 0 unspecified atom stereocenters. The largest absolute Gasteiger partial charge is 0.416 e. The van der Waals surface area contributed by atoms with Crippen LogP contribution in [0.1, 0.15) is 33.6 Å². The summed E-state index contributed by atoms with van der Waals surface area (Å²) in [5, 5.41) is 9.85. The summed E-state index contributed by atoms with van der Waals surface area (Å²) in [5.74, 6) is 0. The van der Waals surface area contributed by atoms with Crippen LogP contribution in [0.3, 0.4) is 0 Å². The number of hydrogen-bond donors (Lipinski definition) is 1. The summed E-state index contributed by atoms with van der Waals surface area (Å²) in [6, 6.07) is 0. The van der Waals surface area contributed by atoms with Gasteiger partial charge in [0, 0.05) is 25.2 Å². The van der Waals surface area contributed by atoms with Crippen LogP contribution in [0.25, 0.3) is 0 Å². The molecule has 0 bridgehead atoms. The fourth-order valence-electron chi connectivity index (χ4n) is 1.70. The Kier molecular flexibility index (Phi) is 4.80. The van der Waals surface area contributed by atoms with Gasteiger partial charge in [-0.3, -0.25) is 0 Å². The highest BCUT2D eigenvalue weighted by molar-refractivity contribution is 6.74. The van der Waals surface area contributed by atoms with Gasteiger partial charge in [0.1, 0.15) is 0 Å². The van der Waals surface area contributed by atoms with Gasteiger partial charge >= 0.3 is 0 Å². The molecule has 0 radical (unpaired) electrons. The van der Waals surface area contributed by atoms with Crippen molar-refractivity contribution in [1.29, 1.82) is 0 Å². The molecule has 1 aliphatic rings. The van der Waals surface area contributed by atoms with Crippen LogP contribution < -0.4 is 0 Å². The molecule has 1 saturated heterocycles. The highest BCUT2D eigenvalue weighted by atomic mass is 28.4. The van der Waals surface area contributed by atoms with Crippen LogP contribution in [-0.4, -0.2) is 39.9 Å². The zero-order chi connectivity index (χ0) is 13.2. The average Bonchev–Trinajstić information content (AvgIpc) is 2.26. The van der Waals surface area contributed by atoms with E-state index in [9.17, 15) is 5.11 Å². The van der Waals surface area contributed by atoms with Crippen molar-refractivity contribution < 1.29 is 14.3 Å². The van der Waals surface area contributed by atoms with Gasteiger partial charge in [-0.05, 0) is 31.0 Å². The molecule has 102 valence electrons. The van der Waals surface area contributed by atoms with Crippen molar-refractivity contribution >= 4 is 8.32 Å². The normalized spacial score (nSPS) is 21.5. The van der Waals surface area contributed by atoms with E-state index in [1.807, 2.05) is 0 Å². The van der Waals surface area contributed by atoms with E-state index in [2.05, 4.69) is 33.9 Å². The Morgan fingerprint density at radius 3 is 2.18 bits per heavy atom. The lowest BCUT2D eigenvalue weighted by atomic mass is 9.82. The first-order valence-electron chi connectivity index (χ1n) is 6.55. The number of rotatable bonds is 4. The summed E-state index contributed by atoms with van der Waals surface area (Å²) in [7, 11) is -1.70. The number of ether oxygens (including phenoxy) is 1. The molecule has 0 atom stereocenters. The molecule has 1 aliphatic heterocycles. The lowest BCUT2D eigenvalue weighted by Gasteiger charge is -2.42. The van der Waals surface area contributed by atoms with E-state index in [1.54, 1.807) is 0 Å². The first kappa shape index (κ1) is 15.2. The predicted molar refractivity (Wildman–Crippen MR) is 72.7 cm³/mol. The van der Waals surface area contributed by atoms with E-state index in [1.165, 1.54) is 0 Å². The highest BCUT2D eigenvalue weighted by Crippen LogP contribution is 2.39. The van der Waals surface area contributed by atoms with E-state index in [0.717, 1.165) is 26.1 Å². The lowest BCUT2D eigenvalue weighted by Crippen LogP contribution is -2.46. The van der Waals surface area contributed by atoms with Gasteiger partial charge in [0.05, 0.1) is 6.61 Å². The van der Waals surface area contributed by atoms with Crippen LogP contribution >= 0.6 is 0 Å². The van der Waals surface area contributed by atoms with Crippen LogP contribution in [0.5, 0.6) is 0 Å². The van der Waals surface area contributed by atoms with Gasteiger partial charge in [0.25, 0.3) is 0 Å². The topological polar surface area (TPSA) is 38.7 Å². The minimum atomic E-state index is -1.70. The summed E-state index contributed by atoms with van der Waals surface area (Å²) in [6.45, 7) is 13.7. The Morgan fingerprint density at radius 1 is 1.24 bits per heavy atom. The van der Waals surface area contributed by atoms with Gasteiger partial charge in [-0.1, -0.05) is 20.8 Å². The molecule has 0 aromatic rings. The van der Waals surface area contributed by atoms with Crippen LogP contribution in [0.15, 0.2) is 0 Å². The third-order valence-electron chi connectivity index (χ3n) is 4.43. The van der Waals surface area contributed by atoms with Gasteiger partial charge in [-0.25, -0.2) is 0 Å². The van der Waals surface area contributed by atoms with Crippen LogP contribution in [0, 0.1) is 5.41 Å². The first-order valence-corrected chi connectivity index (χ1v) is 9.46. The van der Waals surface area contributed by atoms with E-state index >= 15 is 0 Å². The van der Waals surface area contributed by atoms with E-state index < -0.39 is 8.32 Å². The second-order valence-corrected chi connectivity index (χ2v) is 11.6. The van der Waals surface area contributed by atoms with Crippen molar-refractivity contribution in [1.82, 2.24) is 0 Å². The van der Waals surface area contributed by atoms with Crippen molar-refractivity contribution in [3.8, 4) is 0 Å². The molecule has 0 aliphatic carbocycles. The number of aliphatic hydroxyl groups excluding tert-OH is 1. The standard InChI is InChI=1S/C13H28O3Si/c1-12(2,3)17(4,5)16-11-13(10-14)6-8-15-9-7-13/h14H,6-11H2,1-5H3. The van der Waals surface area contributed by atoms with Crippen molar-refractivity contribution in [3.63, 3.8) is 0 Å². The molecule has 0 saturated carbocycles. The lowest BCUT2D eigenvalue weighted by molar-refractivity contribution is -0.0421. The summed E-state index contributed by atoms with van der Waals surface area (Å²) in [6.07, 6.45) is 1.83. The van der Waals surface area contributed by atoms with Gasteiger partial charge in [0.15, 0.2) is 8.32 Å². The maximum Gasteiger partial charge on any atom is 0.192 e. The maximum absolute atomic E-state index is 9.62. The quantitative estimate of drug-likeness (QED) is 0.790. The zero-order valence-corrected chi connectivity index (χ0v) is 13.0. The Hall–Kier alpha value is 0.0969. The van der Waals surface area contributed by atoms with Crippen molar-refractivity contribution in [2.75, 3.05) is 26.4 Å². The van der Waals surface area contributed by atoms with Gasteiger partial charge in [-0.2, -0.15) is 0 Å². The molecule has 0 aromatic heterocycles. The molecular formula is C13H28O3Si. The van der Waals surface area contributed by atoms with Gasteiger partial charge in [-0.15, -0.1) is 0 Å². The van der Waals surface area contributed by atoms with E-state index in [4.69, 9.17) is 9.16 Å². The average molecular weight is 260 g/mol. The fraction of sp³-hybridized carbons (Fsp3) is 1.00. The molecule has 0 aromatic carbocycles. The van der Waals surface area contributed by atoms with Crippen LogP contribution in [-0.2, 0) is 9.16 Å². The summed E-state index contributed by atoms with van der Waals surface area (Å²) >= 11 is 0. The Morgan fingerprint density at radius 2 is 1.76 bits per heavy atom. The third-order valence-corrected chi connectivity index (χ3v) is 8.91. The molecule has 3 nitrogen and oxygen atoms in total. The second-order valence-electron chi connectivity index (χ2n) is 6.82. The minimum absolute atomic E-state index is 0.0617. The molecule has 0 spiro atoms. The fourth-order valence-corrected chi connectivity index (χ4v) is 2.80. The SMILES string of the molecule is CC(C)(C)[Si](C)(C)OCC1(CO)CCOCC1. The number of hydrogen-bond acceptors (Lipinski definition) is 3. The number of aliphatic hydroxyl groups is 1. The molecule has 1 rings (SSSR count). The molecular weight excluding hydrogens is 232 g/mol. The third kappa shape index (κ3) is 3.78. The zero-order valence-electron chi connectivity index (χ0n) is 12.0. The molecule has 1 N–H and O–H groups in total. The predicted octanol–water partition coefficient (Wildman–Crippen LogP) is 2.80. The molecule has 4 heteroatoms. The molecule has 0 amide bonds. The first-order chi connectivity index (χ1) is 7.72. The minimum Gasteiger partial charge on any atom is -0.416 e. The molecule has 1 fully saturated rings. The van der Waals surface area contributed by atoms with Crippen molar-refractivity contribution in [2.45, 2.75) is 51.7 Å². The summed E-state index contributed by atoms with van der Waals surface area (Å²) in [4.78, 5) is 0. The Bertz CT molecular complexity index is 240. The van der Waals surface area contributed by atoms with Crippen LogP contribution in [0.4, 0.5) is 0 Å². The smallest absolute Gasteiger partial charge is 0.192 e. The van der Waals surface area contributed by atoms with Crippen molar-refractivity contribution in [2.24, 2.45) is 5.41 Å². The molecule has 1 heterocycles. The Balaban J connectivity index is 2.58. The summed E-state index contributed by atoms with van der Waals surface area (Å²) < 4.78 is 11.6. The maximum atomic E-state index is 9.62. The van der Waals surface area contributed by atoms with E-state index in [-0.39, 0.29) is 17.1 Å². The molecule has 17 heavy (non-hydrogen) atoms. The monoisotopic (exact) mass is 260 g/mol. The second kappa shape index (κ2) is 5.39. The Labute approximate surface area is 107 Å². The highest BCUT2D eigenvalue weighted by Gasteiger charge is 2.40. The summed E-state index contributed by atoms with van der Waals surface area (Å²) in [5.41, 5.74) is -0.0617. The van der Waals surface area contributed by atoms with Crippen molar-refractivity contribution in [3.05, 3.63) is 0 Å². The van der Waals surface area contributed by atoms with Gasteiger partial charge in [0.2, 0.25) is 0 Å². The van der Waals surface area contributed by atoms with Gasteiger partial charge < -0.3 is 14.3 Å². The van der Waals surface area contributed by atoms with E-state index in [0.29, 0.717) is 6.61 Å². The van der Waals surface area contributed by atoms with Crippen LogP contribution in [0.2, 0.25) is 18.1 Å².